The molecule has 1 amide bonds. The number of anilines is 1. The van der Waals surface area contributed by atoms with Crippen molar-refractivity contribution in [3.63, 3.8) is 0 Å². The van der Waals surface area contributed by atoms with Crippen molar-refractivity contribution in [2.75, 3.05) is 11.9 Å². The molecule has 0 bridgehead atoms. The number of carbonyl (C=O) groups excluding carboxylic acids is 1. The van der Waals surface area contributed by atoms with Gasteiger partial charge in [-0.2, -0.15) is 0 Å². The zero-order chi connectivity index (χ0) is 15.2. The Bertz CT molecular complexity index is 627. The van der Waals surface area contributed by atoms with Gasteiger partial charge in [0.1, 0.15) is 5.01 Å². The number of hydrogen-bond donors (Lipinski definition) is 2. The Morgan fingerprint density at radius 1 is 1.38 bits per heavy atom. The molecule has 0 saturated carbocycles. The van der Waals surface area contributed by atoms with Crippen LogP contribution in [0.1, 0.15) is 23.4 Å². The van der Waals surface area contributed by atoms with E-state index in [0.29, 0.717) is 19.4 Å². The lowest BCUT2D eigenvalue weighted by molar-refractivity contribution is -0.116. The molecule has 0 spiro atoms. The summed E-state index contributed by atoms with van der Waals surface area (Å²) in [6.07, 6.45) is 1.16. The number of amides is 1. The number of benzene rings is 1. The van der Waals surface area contributed by atoms with E-state index in [4.69, 9.17) is 5.73 Å². The minimum atomic E-state index is 0.00343. The summed E-state index contributed by atoms with van der Waals surface area (Å²) in [7, 11) is 0. The van der Waals surface area contributed by atoms with Crippen LogP contribution in [0.2, 0.25) is 0 Å². The molecule has 0 unspecified atom stereocenters. The lowest BCUT2D eigenvalue weighted by Gasteiger charge is -2.09. The van der Waals surface area contributed by atoms with Crippen LogP contribution in [0.4, 0.5) is 5.69 Å². The molecule has 0 radical (unpaired) electrons. The fourth-order valence-corrected chi connectivity index (χ4v) is 3.62. The first-order chi connectivity index (χ1) is 10.1. The van der Waals surface area contributed by atoms with Gasteiger partial charge < -0.3 is 11.1 Å². The van der Waals surface area contributed by atoms with Gasteiger partial charge in [-0.15, -0.1) is 10.2 Å². The van der Waals surface area contributed by atoms with Gasteiger partial charge in [-0.05, 0) is 50.6 Å². The lowest BCUT2D eigenvalue weighted by atomic mass is 10.2. The molecule has 0 aliphatic carbocycles. The molecule has 0 aliphatic rings. The molecule has 7 heteroatoms. The largest absolute Gasteiger partial charge is 0.330 e. The van der Waals surface area contributed by atoms with Crippen molar-refractivity contribution in [3.05, 3.63) is 28.8 Å². The highest BCUT2D eigenvalue weighted by Crippen LogP contribution is 2.32. The molecular formula is C14H18N4OS2. The van der Waals surface area contributed by atoms with Crippen LogP contribution in [0.3, 0.4) is 0 Å². The third-order valence-corrected chi connectivity index (χ3v) is 4.67. The molecule has 0 fully saturated rings. The third-order valence-electron chi connectivity index (χ3n) is 2.79. The maximum absolute atomic E-state index is 11.7. The van der Waals surface area contributed by atoms with E-state index in [0.717, 1.165) is 25.5 Å². The van der Waals surface area contributed by atoms with E-state index in [9.17, 15) is 4.79 Å². The van der Waals surface area contributed by atoms with E-state index in [2.05, 4.69) is 15.5 Å². The van der Waals surface area contributed by atoms with Crippen molar-refractivity contribution < 1.29 is 4.79 Å². The van der Waals surface area contributed by atoms with E-state index in [1.807, 2.05) is 32.0 Å². The van der Waals surface area contributed by atoms with Gasteiger partial charge >= 0.3 is 0 Å². The Morgan fingerprint density at radius 2 is 2.19 bits per heavy atom. The van der Waals surface area contributed by atoms with Crippen LogP contribution in [-0.4, -0.2) is 22.6 Å². The molecule has 112 valence electrons. The van der Waals surface area contributed by atoms with Gasteiger partial charge in [0.05, 0.1) is 0 Å². The summed E-state index contributed by atoms with van der Waals surface area (Å²) in [5.74, 6) is 0.00343. The highest BCUT2D eigenvalue weighted by atomic mass is 32.2. The molecule has 1 heterocycles. The number of nitrogens with zero attached hydrogens (tertiary/aromatic N) is 2. The lowest BCUT2D eigenvalue weighted by Crippen LogP contribution is -2.14. The highest BCUT2D eigenvalue weighted by molar-refractivity contribution is 8.01. The van der Waals surface area contributed by atoms with E-state index in [-0.39, 0.29) is 5.91 Å². The molecule has 21 heavy (non-hydrogen) atoms. The summed E-state index contributed by atoms with van der Waals surface area (Å²) in [4.78, 5) is 12.8. The maximum atomic E-state index is 11.7. The third kappa shape index (κ3) is 4.80. The number of rotatable bonds is 6. The van der Waals surface area contributed by atoms with Crippen LogP contribution in [0.5, 0.6) is 0 Å². The molecular weight excluding hydrogens is 304 g/mol. The Hall–Kier alpha value is -1.44. The molecule has 2 aromatic rings. The average Bonchev–Trinajstić information content (AvgIpc) is 2.85. The number of hydrogen-bond acceptors (Lipinski definition) is 6. The van der Waals surface area contributed by atoms with Crippen molar-refractivity contribution in [3.8, 4) is 0 Å². The number of nitrogens with one attached hydrogen (secondary N) is 1. The fraction of sp³-hybridized carbons (Fsp3) is 0.357. The zero-order valence-corrected chi connectivity index (χ0v) is 13.7. The van der Waals surface area contributed by atoms with Gasteiger partial charge in [-0.1, -0.05) is 23.1 Å². The quantitative estimate of drug-likeness (QED) is 0.854. The Morgan fingerprint density at radius 3 is 2.81 bits per heavy atom. The summed E-state index contributed by atoms with van der Waals surface area (Å²) < 4.78 is 0.923. The predicted octanol–water partition coefficient (Wildman–Crippen LogP) is 2.98. The Balaban J connectivity index is 2.01. The smallest absolute Gasteiger partial charge is 0.224 e. The van der Waals surface area contributed by atoms with Crippen molar-refractivity contribution in [2.24, 2.45) is 5.73 Å². The fourth-order valence-electron chi connectivity index (χ4n) is 1.74. The monoisotopic (exact) mass is 322 g/mol. The first kappa shape index (κ1) is 15.9. The number of aryl methyl sites for hydroxylation is 2. The van der Waals surface area contributed by atoms with E-state index in [1.54, 1.807) is 23.1 Å². The van der Waals surface area contributed by atoms with Crippen LogP contribution in [0, 0.1) is 13.8 Å². The van der Waals surface area contributed by atoms with Crippen molar-refractivity contribution in [2.45, 2.75) is 35.9 Å². The summed E-state index contributed by atoms with van der Waals surface area (Å²) in [5.41, 5.74) is 7.27. The number of nitrogens with two attached hydrogens (primary N) is 1. The van der Waals surface area contributed by atoms with Crippen molar-refractivity contribution in [1.29, 1.82) is 0 Å². The topological polar surface area (TPSA) is 80.9 Å². The van der Waals surface area contributed by atoms with Crippen LogP contribution in [-0.2, 0) is 4.79 Å². The van der Waals surface area contributed by atoms with Gasteiger partial charge in [-0.3, -0.25) is 4.79 Å². The van der Waals surface area contributed by atoms with Gasteiger partial charge in [0.25, 0.3) is 0 Å². The zero-order valence-electron chi connectivity index (χ0n) is 12.0. The van der Waals surface area contributed by atoms with E-state index in [1.165, 1.54) is 0 Å². The van der Waals surface area contributed by atoms with Crippen molar-refractivity contribution >= 4 is 34.7 Å². The predicted molar refractivity (Wildman–Crippen MR) is 86.9 cm³/mol. The molecule has 1 aromatic heterocycles. The summed E-state index contributed by atoms with van der Waals surface area (Å²) in [5, 5.41) is 12.0. The van der Waals surface area contributed by atoms with Crippen LogP contribution in [0.25, 0.3) is 0 Å². The second-order valence-electron chi connectivity index (χ2n) is 4.61. The van der Waals surface area contributed by atoms with Gasteiger partial charge in [-0.25, -0.2) is 0 Å². The first-order valence-electron chi connectivity index (χ1n) is 6.67. The Kier molecular flexibility index (Phi) is 5.72. The standard InChI is InChI=1S/C14H18N4OS2/c1-9-8-11(21-14-18-17-10(2)20-14)5-6-12(9)16-13(19)4-3-7-15/h5-6,8H,3-4,7,15H2,1-2H3,(H,16,19). The summed E-state index contributed by atoms with van der Waals surface area (Å²) in [6, 6.07) is 5.94. The Labute approximate surface area is 132 Å². The maximum Gasteiger partial charge on any atom is 0.224 e. The normalized spacial score (nSPS) is 10.6. The SMILES string of the molecule is Cc1nnc(Sc2ccc(NC(=O)CCCN)c(C)c2)s1. The molecule has 2 rings (SSSR count). The molecule has 1 aromatic carbocycles. The molecule has 5 nitrogen and oxygen atoms in total. The van der Waals surface area contributed by atoms with Gasteiger partial charge in [0.15, 0.2) is 4.34 Å². The van der Waals surface area contributed by atoms with E-state index >= 15 is 0 Å². The van der Waals surface area contributed by atoms with Crippen LogP contribution < -0.4 is 11.1 Å². The minimum Gasteiger partial charge on any atom is -0.330 e. The highest BCUT2D eigenvalue weighted by Gasteiger charge is 2.07. The molecule has 0 saturated heterocycles. The average molecular weight is 322 g/mol. The van der Waals surface area contributed by atoms with E-state index < -0.39 is 0 Å². The van der Waals surface area contributed by atoms with Crippen LogP contribution >= 0.6 is 23.1 Å². The molecule has 3 N–H and O–H groups in total. The van der Waals surface area contributed by atoms with Gasteiger partial charge in [0.2, 0.25) is 5.91 Å². The minimum absolute atomic E-state index is 0.00343. The van der Waals surface area contributed by atoms with Crippen LogP contribution in [0.15, 0.2) is 27.4 Å². The molecule has 0 aliphatic heterocycles. The number of carbonyl (C=O) groups is 1. The second-order valence-corrected chi connectivity index (χ2v) is 7.11. The number of aromatic nitrogens is 2. The van der Waals surface area contributed by atoms with Crippen molar-refractivity contribution in [1.82, 2.24) is 10.2 Å². The molecule has 0 atom stereocenters. The second kappa shape index (κ2) is 7.53. The summed E-state index contributed by atoms with van der Waals surface area (Å²) >= 11 is 3.15. The first-order valence-corrected chi connectivity index (χ1v) is 8.30. The van der Waals surface area contributed by atoms with Gasteiger partial charge in [0, 0.05) is 17.0 Å². The summed E-state index contributed by atoms with van der Waals surface area (Å²) in [6.45, 7) is 4.45.